The summed E-state index contributed by atoms with van der Waals surface area (Å²) in [6.07, 6.45) is 1.07. The molecule has 0 amide bonds. The summed E-state index contributed by atoms with van der Waals surface area (Å²) in [4.78, 5) is 2.35. The molecular formula is C16H27ClN2O. The van der Waals surface area contributed by atoms with Crippen molar-refractivity contribution in [2.75, 3.05) is 39.9 Å². The first-order chi connectivity index (χ1) is 9.65. The van der Waals surface area contributed by atoms with Crippen molar-refractivity contribution >= 4 is 11.6 Å². The molecule has 0 aliphatic rings. The molecule has 0 heterocycles. The predicted molar refractivity (Wildman–Crippen MR) is 86.5 cm³/mol. The van der Waals surface area contributed by atoms with Gasteiger partial charge in [-0.05, 0) is 51.6 Å². The van der Waals surface area contributed by atoms with E-state index in [1.807, 2.05) is 19.1 Å². The quantitative estimate of drug-likeness (QED) is 0.671. The fourth-order valence-electron chi connectivity index (χ4n) is 2.01. The smallest absolute Gasteiger partial charge is 0.0477 e. The Labute approximate surface area is 128 Å². The van der Waals surface area contributed by atoms with E-state index in [2.05, 4.69) is 36.3 Å². The average molecular weight is 299 g/mol. The van der Waals surface area contributed by atoms with Gasteiger partial charge in [-0.1, -0.05) is 23.7 Å². The van der Waals surface area contributed by atoms with E-state index in [0.29, 0.717) is 6.04 Å². The highest BCUT2D eigenvalue weighted by Gasteiger charge is 2.10. The van der Waals surface area contributed by atoms with E-state index in [1.54, 1.807) is 0 Å². The molecule has 0 radical (unpaired) electrons. The van der Waals surface area contributed by atoms with Crippen molar-refractivity contribution in [2.24, 2.45) is 0 Å². The van der Waals surface area contributed by atoms with Crippen LogP contribution in [0.15, 0.2) is 24.3 Å². The Hall–Kier alpha value is -0.610. The minimum atomic E-state index is 0.400. The van der Waals surface area contributed by atoms with Crippen LogP contribution in [0, 0.1) is 0 Å². The molecule has 0 saturated carbocycles. The van der Waals surface area contributed by atoms with Crippen molar-refractivity contribution in [2.45, 2.75) is 26.3 Å². The Morgan fingerprint density at radius 3 is 2.60 bits per heavy atom. The summed E-state index contributed by atoms with van der Waals surface area (Å²) >= 11 is 5.92. The molecule has 1 aromatic rings. The van der Waals surface area contributed by atoms with Gasteiger partial charge in [0.2, 0.25) is 0 Å². The van der Waals surface area contributed by atoms with Crippen molar-refractivity contribution < 1.29 is 4.74 Å². The molecule has 0 bridgehead atoms. The fourth-order valence-corrected chi connectivity index (χ4v) is 2.14. The van der Waals surface area contributed by atoms with Gasteiger partial charge in [-0.15, -0.1) is 0 Å². The zero-order valence-electron chi connectivity index (χ0n) is 12.9. The van der Waals surface area contributed by atoms with Crippen LogP contribution in [0.4, 0.5) is 0 Å². The van der Waals surface area contributed by atoms with E-state index in [-0.39, 0.29) is 0 Å². The summed E-state index contributed by atoms with van der Waals surface area (Å²) in [5, 5.41) is 4.24. The van der Waals surface area contributed by atoms with E-state index in [1.165, 1.54) is 5.56 Å². The lowest BCUT2D eigenvalue weighted by Crippen LogP contribution is -2.31. The van der Waals surface area contributed by atoms with Gasteiger partial charge in [0.05, 0.1) is 0 Å². The second-order valence-corrected chi connectivity index (χ2v) is 5.45. The summed E-state index contributed by atoms with van der Waals surface area (Å²) < 4.78 is 5.31. The number of rotatable bonds is 10. The number of likely N-dealkylation sites (N-methyl/N-ethyl adjacent to an activating group) is 1. The van der Waals surface area contributed by atoms with Crippen molar-refractivity contribution in [1.29, 1.82) is 0 Å². The van der Waals surface area contributed by atoms with Gasteiger partial charge in [0.25, 0.3) is 0 Å². The number of hydrogen-bond acceptors (Lipinski definition) is 3. The van der Waals surface area contributed by atoms with Crippen molar-refractivity contribution in [3.05, 3.63) is 34.9 Å². The van der Waals surface area contributed by atoms with Gasteiger partial charge in [-0.25, -0.2) is 0 Å². The van der Waals surface area contributed by atoms with Crippen LogP contribution in [0.3, 0.4) is 0 Å². The molecule has 0 aliphatic carbocycles. The summed E-state index contributed by atoms with van der Waals surface area (Å²) in [6, 6.07) is 8.50. The van der Waals surface area contributed by atoms with E-state index < -0.39 is 0 Å². The molecule has 1 atom stereocenters. The molecular weight excluding hydrogens is 272 g/mol. The van der Waals surface area contributed by atoms with Gasteiger partial charge in [-0.2, -0.15) is 0 Å². The largest absolute Gasteiger partial charge is 0.382 e. The van der Waals surface area contributed by atoms with Gasteiger partial charge < -0.3 is 10.1 Å². The summed E-state index contributed by atoms with van der Waals surface area (Å²) in [5.74, 6) is 0. The van der Waals surface area contributed by atoms with Crippen LogP contribution < -0.4 is 5.32 Å². The summed E-state index contributed by atoms with van der Waals surface area (Å²) in [5.41, 5.74) is 1.30. The Morgan fingerprint density at radius 2 is 1.95 bits per heavy atom. The van der Waals surface area contributed by atoms with Crippen LogP contribution >= 0.6 is 11.6 Å². The number of nitrogens with zero attached hydrogens (tertiary/aromatic N) is 1. The molecule has 3 nitrogen and oxygen atoms in total. The molecule has 1 N–H and O–H groups in total. The van der Waals surface area contributed by atoms with Crippen molar-refractivity contribution in [1.82, 2.24) is 10.2 Å². The third kappa shape index (κ3) is 6.71. The van der Waals surface area contributed by atoms with Crippen LogP contribution in [0.1, 0.15) is 31.9 Å². The lowest BCUT2D eigenvalue weighted by Gasteiger charge is -2.25. The molecule has 0 spiro atoms. The zero-order valence-corrected chi connectivity index (χ0v) is 13.6. The molecule has 4 heteroatoms. The monoisotopic (exact) mass is 298 g/mol. The van der Waals surface area contributed by atoms with Crippen LogP contribution in [0.25, 0.3) is 0 Å². The summed E-state index contributed by atoms with van der Waals surface area (Å²) in [6.45, 7) is 8.95. The lowest BCUT2D eigenvalue weighted by atomic mass is 10.1. The molecule has 0 fully saturated rings. The minimum absolute atomic E-state index is 0.400. The Bertz CT molecular complexity index is 356. The highest BCUT2D eigenvalue weighted by atomic mass is 35.5. The normalized spacial score (nSPS) is 12.8. The molecule has 0 saturated heterocycles. The minimum Gasteiger partial charge on any atom is -0.382 e. The maximum absolute atomic E-state index is 5.92. The van der Waals surface area contributed by atoms with Gasteiger partial charge in [0.15, 0.2) is 0 Å². The third-order valence-electron chi connectivity index (χ3n) is 3.50. The maximum atomic E-state index is 5.92. The van der Waals surface area contributed by atoms with Crippen LogP contribution in [-0.2, 0) is 4.74 Å². The van der Waals surface area contributed by atoms with E-state index in [0.717, 1.165) is 44.3 Å². The zero-order chi connectivity index (χ0) is 14.8. The van der Waals surface area contributed by atoms with Crippen LogP contribution in [0.2, 0.25) is 5.02 Å². The maximum Gasteiger partial charge on any atom is 0.0477 e. The molecule has 1 unspecified atom stereocenters. The highest BCUT2D eigenvalue weighted by Crippen LogP contribution is 2.20. The second-order valence-electron chi connectivity index (χ2n) is 5.01. The molecule has 1 aromatic carbocycles. The van der Waals surface area contributed by atoms with E-state index >= 15 is 0 Å². The molecule has 20 heavy (non-hydrogen) atoms. The highest BCUT2D eigenvalue weighted by molar-refractivity contribution is 6.30. The van der Waals surface area contributed by atoms with Crippen molar-refractivity contribution in [3.8, 4) is 0 Å². The van der Waals surface area contributed by atoms with Gasteiger partial charge >= 0.3 is 0 Å². The molecule has 0 aromatic heterocycles. The molecule has 1 rings (SSSR count). The number of benzene rings is 1. The standard InChI is InChI=1S/C16H27ClN2O/c1-4-20-13-5-10-18-11-12-19(3)14(2)15-6-8-16(17)9-7-15/h6-9,14,18H,4-5,10-13H2,1-3H3. The first-order valence-electron chi connectivity index (χ1n) is 7.39. The molecule has 114 valence electrons. The van der Waals surface area contributed by atoms with Crippen LogP contribution in [-0.4, -0.2) is 44.8 Å². The van der Waals surface area contributed by atoms with Gasteiger partial charge in [0.1, 0.15) is 0 Å². The van der Waals surface area contributed by atoms with Gasteiger partial charge in [0, 0.05) is 37.4 Å². The number of hydrogen-bond donors (Lipinski definition) is 1. The third-order valence-corrected chi connectivity index (χ3v) is 3.75. The van der Waals surface area contributed by atoms with Crippen molar-refractivity contribution in [3.63, 3.8) is 0 Å². The Kier molecular flexibility index (Phi) is 8.86. The summed E-state index contributed by atoms with van der Waals surface area (Å²) in [7, 11) is 2.15. The first kappa shape index (κ1) is 17.4. The van der Waals surface area contributed by atoms with E-state index in [4.69, 9.17) is 16.3 Å². The number of nitrogens with one attached hydrogen (secondary N) is 1. The molecule has 0 aliphatic heterocycles. The average Bonchev–Trinajstić information content (AvgIpc) is 2.46. The fraction of sp³-hybridized carbons (Fsp3) is 0.625. The second kappa shape index (κ2) is 10.2. The Morgan fingerprint density at radius 1 is 1.25 bits per heavy atom. The number of halogens is 1. The van der Waals surface area contributed by atoms with E-state index in [9.17, 15) is 0 Å². The SMILES string of the molecule is CCOCCCNCCN(C)C(C)c1ccc(Cl)cc1. The first-order valence-corrected chi connectivity index (χ1v) is 7.77. The van der Waals surface area contributed by atoms with Crippen LogP contribution in [0.5, 0.6) is 0 Å². The number of ether oxygens (including phenoxy) is 1. The Balaban J connectivity index is 2.18. The predicted octanol–water partition coefficient (Wildman–Crippen LogP) is 3.35. The lowest BCUT2D eigenvalue weighted by molar-refractivity contribution is 0.144. The topological polar surface area (TPSA) is 24.5 Å². The van der Waals surface area contributed by atoms with Gasteiger partial charge in [-0.3, -0.25) is 4.90 Å².